The summed E-state index contributed by atoms with van der Waals surface area (Å²) in [6, 6.07) is 0. The second-order valence-corrected chi connectivity index (χ2v) is 12.2. The lowest BCUT2D eigenvalue weighted by atomic mass is 9.85. The van der Waals surface area contributed by atoms with Gasteiger partial charge < -0.3 is 15.4 Å². The quantitative estimate of drug-likeness (QED) is 0.469. The molecule has 0 atom stereocenters. The second kappa shape index (κ2) is 11.3. The molecule has 2 amide bonds. The molecule has 0 aliphatic carbocycles. The molecule has 5 heteroatoms. The van der Waals surface area contributed by atoms with Crippen molar-refractivity contribution in [3.63, 3.8) is 0 Å². The van der Waals surface area contributed by atoms with Crippen LogP contribution in [0.5, 0.6) is 0 Å². The highest BCUT2D eigenvalue weighted by Crippen LogP contribution is 2.27. The average molecular weight is 413 g/mol. The zero-order chi connectivity index (χ0) is 22.9. The van der Waals surface area contributed by atoms with Crippen LogP contribution in [-0.2, 0) is 14.3 Å². The molecule has 0 aromatic carbocycles. The molecule has 0 aromatic rings. The maximum Gasteiger partial charge on any atom is 0.220 e. The van der Waals surface area contributed by atoms with E-state index in [-0.39, 0.29) is 33.7 Å². The van der Waals surface area contributed by atoms with E-state index in [1.165, 1.54) is 0 Å². The molecule has 0 bridgehead atoms. The fourth-order valence-electron chi connectivity index (χ4n) is 2.70. The van der Waals surface area contributed by atoms with E-state index in [0.717, 1.165) is 19.3 Å². The second-order valence-electron chi connectivity index (χ2n) is 12.2. The number of ether oxygens (including phenoxy) is 1. The van der Waals surface area contributed by atoms with Gasteiger partial charge in [0.1, 0.15) is 0 Å². The molecule has 0 fully saturated rings. The molecular formula is C24H48N2O3. The van der Waals surface area contributed by atoms with Crippen molar-refractivity contribution in [1.82, 2.24) is 10.6 Å². The van der Waals surface area contributed by atoms with Gasteiger partial charge in [-0.05, 0) is 49.4 Å². The number of carbonyl (C=O) groups is 2. The first-order valence-corrected chi connectivity index (χ1v) is 11.1. The van der Waals surface area contributed by atoms with Crippen LogP contribution in [0, 0.1) is 16.2 Å². The summed E-state index contributed by atoms with van der Waals surface area (Å²) in [5.41, 5.74) is -0.146. The Morgan fingerprint density at radius 2 is 1.31 bits per heavy atom. The minimum atomic E-state index is -0.304. The standard InChI is InChI=1S/C24H48N2O3/c1-21(2,3)12-11-19(27)25-15-13-24(9,10)29-16-14-23(7,8)17-20(28)26-18-22(4,5)6/h11-18H2,1-10H3,(H,25,27)(H,26,28). The Bertz CT molecular complexity index is 511. The molecule has 0 aliphatic heterocycles. The van der Waals surface area contributed by atoms with Crippen molar-refractivity contribution in [3.8, 4) is 0 Å². The summed E-state index contributed by atoms with van der Waals surface area (Å²) in [5, 5.41) is 6.02. The van der Waals surface area contributed by atoms with Gasteiger partial charge in [0.05, 0.1) is 5.60 Å². The molecular weight excluding hydrogens is 364 g/mol. The third-order valence-corrected chi connectivity index (χ3v) is 4.88. The van der Waals surface area contributed by atoms with Crippen molar-refractivity contribution in [1.29, 1.82) is 0 Å². The van der Waals surface area contributed by atoms with Crippen LogP contribution in [0.25, 0.3) is 0 Å². The van der Waals surface area contributed by atoms with Gasteiger partial charge in [-0.3, -0.25) is 9.59 Å². The van der Waals surface area contributed by atoms with Crippen LogP contribution in [0.3, 0.4) is 0 Å². The van der Waals surface area contributed by atoms with Gasteiger partial charge in [-0.1, -0.05) is 55.4 Å². The Balaban J connectivity index is 4.15. The van der Waals surface area contributed by atoms with Gasteiger partial charge >= 0.3 is 0 Å². The number of hydrogen-bond acceptors (Lipinski definition) is 3. The Morgan fingerprint density at radius 1 is 0.724 bits per heavy atom. The normalized spacial score (nSPS) is 13.3. The molecule has 2 N–H and O–H groups in total. The molecule has 0 radical (unpaired) electrons. The SMILES string of the molecule is CC(C)(C)CCC(=O)NCCC(C)(C)OCCC(C)(C)CC(=O)NCC(C)(C)C. The van der Waals surface area contributed by atoms with Crippen molar-refractivity contribution in [2.75, 3.05) is 19.7 Å². The maximum atomic E-state index is 12.2. The predicted octanol–water partition coefficient (Wildman–Crippen LogP) is 5.08. The van der Waals surface area contributed by atoms with Gasteiger partial charge in [0.2, 0.25) is 11.8 Å². The largest absolute Gasteiger partial charge is 0.375 e. The van der Waals surface area contributed by atoms with E-state index in [4.69, 9.17) is 4.74 Å². The van der Waals surface area contributed by atoms with E-state index in [1.807, 2.05) is 0 Å². The number of rotatable bonds is 12. The summed E-state index contributed by atoms with van der Waals surface area (Å²) in [4.78, 5) is 24.1. The van der Waals surface area contributed by atoms with Gasteiger partial charge in [0.15, 0.2) is 0 Å². The highest BCUT2D eigenvalue weighted by Gasteiger charge is 2.25. The zero-order valence-corrected chi connectivity index (χ0v) is 20.9. The highest BCUT2D eigenvalue weighted by atomic mass is 16.5. The monoisotopic (exact) mass is 412 g/mol. The number of nitrogens with one attached hydrogen (secondary N) is 2. The molecule has 0 saturated carbocycles. The maximum absolute atomic E-state index is 12.2. The van der Waals surface area contributed by atoms with Crippen LogP contribution in [-0.4, -0.2) is 37.1 Å². The van der Waals surface area contributed by atoms with E-state index in [1.54, 1.807) is 0 Å². The Hall–Kier alpha value is -1.10. The molecule has 0 unspecified atom stereocenters. The van der Waals surface area contributed by atoms with E-state index >= 15 is 0 Å². The molecule has 0 aliphatic rings. The molecule has 0 aromatic heterocycles. The number of carbonyl (C=O) groups excluding carboxylic acids is 2. The summed E-state index contributed by atoms with van der Waals surface area (Å²) in [6.45, 7) is 23.0. The molecule has 0 saturated heterocycles. The summed E-state index contributed by atoms with van der Waals surface area (Å²) in [6.07, 6.45) is 3.53. The van der Waals surface area contributed by atoms with Crippen LogP contribution >= 0.6 is 0 Å². The first-order chi connectivity index (χ1) is 12.9. The van der Waals surface area contributed by atoms with Crippen LogP contribution in [0.15, 0.2) is 0 Å². The van der Waals surface area contributed by atoms with E-state index < -0.39 is 0 Å². The fourth-order valence-corrected chi connectivity index (χ4v) is 2.70. The molecule has 172 valence electrons. The third-order valence-electron chi connectivity index (χ3n) is 4.88. The smallest absolute Gasteiger partial charge is 0.220 e. The van der Waals surface area contributed by atoms with Gasteiger partial charge in [0.25, 0.3) is 0 Å². The lowest BCUT2D eigenvalue weighted by molar-refractivity contribution is -0.124. The summed E-state index contributed by atoms with van der Waals surface area (Å²) >= 11 is 0. The minimum absolute atomic E-state index is 0.0924. The Labute approximate surface area is 180 Å². The first kappa shape index (κ1) is 27.9. The topological polar surface area (TPSA) is 67.4 Å². The summed E-state index contributed by atoms with van der Waals surface area (Å²) in [5.74, 6) is 0.209. The average Bonchev–Trinajstić information content (AvgIpc) is 2.48. The lowest BCUT2D eigenvalue weighted by Crippen LogP contribution is -2.36. The van der Waals surface area contributed by atoms with Crippen LogP contribution in [0.1, 0.15) is 101 Å². The van der Waals surface area contributed by atoms with Crippen LogP contribution in [0.2, 0.25) is 0 Å². The zero-order valence-electron chi connectivity index (χ0n) is 20.9. The van der Waals surface area contributed by atoms with Crippen molar-refractivity contribution < 1.29 is 14.3 Å². The molecule has 29 heavy (non-hydrogen) atoms. The van der Waals surface area contributed by atoms with Gasteiger partial charge in [-0.25, -0.2) is 0 Å². The van der Waals surface area contributed by atoms with Crippen LogP contribution < -0.4 is 10.6 Å². The van der Waals surface area contributed by atoms with Crippen molar-refractivity contribution in [3.05, 3.63) is 0 Å². The summed E-state index contributed by atoms with van der Waals surface area (Å²) in [7, 11) is 0. The number of amides is 2. The Morgan fingerprint density at radius 3 is 1.83 bits per heavy atom. The van der Waals surface area contributed by atoms with Gasteiger partial charge in [-0.2, -0.15) is 0 Å². The van der Waals surface area contributed by atoms with E-state index in [9.17, 15) is 9.59 Å². The first-order valence-electron chi connectivity index (χ1n) is 11.1. The minimum Gasteiger partial charge on any atom is -0.375 e. The Kier molecular flexibility index (Phi) is 10.9. The molecule has 0 spiro atoms. The lowest BCUT2D eigenvalue weighted by Gasteiger charge is -2.30. The fraction of sp³-hybridized carbons (Fsp3) is 0.917. The number of hydrogen-bond donors (Lipinski definition) is 2. The highest BCUT2D eigenvalue weighted by molar-refractivity contribution is 5.76. The van der Waals surface area contributed by atoms with Crippen molar-refractivity contribution >= 4 is 11.8 Å². The molecule has 0 rings (SSSR count). The van der Waals surface area contributed by atoms with E-state index in [0.29, 0.717) is 32.5 Å². The van der Waals surface area contributed by atoms with Gasteiger partial charge in [-0.15, -0.1) is 0 Å². The van der Waals surface area contributed by atoms with Crippen molar-refractivity contribution in [2.24, 2.45) is 16.2 Å². The predicted molar refractivity (Wildman–Crippen MR) is 122 cm³/mol. The van der Waals surface area contributed by atoms with Crippen molar-refractivity contribution in [2.45, 2.75) is 107 Å². The van der Waals surface area contributed by atoms with Crippen LogP contribution in [0.4, 0.5) is 0 Å². The van der Waals surface area contributed by atoms with E-state index in [2.05, 4.69) is 79.9 Å². The summed E-state index contributed by atoms with van der Waals surface area (Å²) < 4.78 is 6.07. The van der Waals surface area contributed by atoms with Gasteiger partial charge in [0, 0.05) is 32.5 Å². The molecule has 0 heterocycles. The molecule has 5 nitrogen and oxygen atoms in total. The third kappa shape index (κ3) is 17.5.